The Hall–Kier alpha value is -0.680. The van der Waals surface area contributed by atoms with E-state index in [0.29, 0.717) is 0 Å². The summed E-state index contributed by atoms with van der Waals surface area (Å²) in [6, 6.07) is 0. The molecule has 86 valence electrons. The van der Waals surface area contributed by atoms with Gasteiger partial charge in [0.05, 0.1) is 6.61 Å². The third-order valence-corrected chi connectivity index (χ3v) is 1.91. The smallest absolute Gasteiger partial charge is 0.375 e. The molecule has 1 unspecified atom stereocenters. The Morgan fingerprint density at radius 3 is 2.13 bits per heavy atom. The molecule has 0 aromatic carbocycles. The zero-order valence-electron chi connectivity index (χ0n) is 8.05. The van der Waals surface area contributed by atoms with Gasteiger partial charge in [0.2, 0.25) is 0 Å². The molecule has 0 radical (unpaired) electrons. The van der Waals surface area contributed by atoms with E-state index >= 15 is 0 Å². The predicted octanol–water partition coefficient (Wildman–Crippen LogP) is 1.42. The molecule has 0 saturated heterocycles. The highest BCUT2D eigenvalue weighted by Crippen LogP contribution is 2.33. The third-order valence-electron chi connectivity index (χ3n) is 1.47. The standard InChI is InChI=1S/C8H9Cl2FO4/c1-3-15-7(14)6(13)5(4(2)12)8(9,10)11/h5H,3H2,1-2H3. The Morgan fingerprint density at radius 1 is 1.40 bits per heavy atom. The van der Waals surface area contributed by atoms with E-state index in [2.05, 4.69) is 4.74 Å². The summed E-state index contributed by atoms with van der Waals surface area (Å²) in [7, 11) is 0. The fourth-order valence-corrected chi connectivity index (χ4v) is 1.39. The van der Waals surface area contributed by atoms with Gasteiger partial charge in [-0.25, -0.2) is 9.18 Å². The first kappa shape index (κ1) is 14.3. The molecule has 0 spiro atoms. The number of rotatable bonds is 5. The van der Waals surface area contributed by atoms with Crippen molar-refractivity contribution in [3.05, 3.63) is 0 Å². The molecule has 0 aliphatic carbocycles. The van der Waals surface area contributed by atoms with Crippen LogP contribution in [0.2, 0.25) is 0 Å². The van der Waals surface area contributed by atoms with Gasteiger partial charge in [-0.15, -0.1) is 0 Å². The van der Waals surface area contributed by atoms with Crippen LogP contribution in [0.4, 0.5) is 4.39 Å². The average molecular weight is 259 g/mol. The van der Waals surface area contributed by atoms with Crippen molar-refractivity contribution in [1.29, 1.82) is 0 Å². The van der Waals surface area contributed by atoms with Crippen LogP contribution in [-0.2, 0) is 19.1 Å². The minimum absolute atomic E-state index is 0.0704. The topological polar surface area (TPSA) is 60.4 Å². The molecular formula is C8H9Cl2FO4. The number of ketones is 2. The molecule has 7 heteroatoms. The molecular weight excluding hydrogens is 250 g/mol. The van der Waals surface area contributed by atoms with Crippen molar-refractivity contribution in [3.63, 3.8) is 0 Å². The van der Waals surface area contributed by atoms with Crippen LogP contribution in [0.1, 0.15) is 13.8 Å². The molecule has 0 N–H and O–H groups in total. The van der Waals surface area contributed by atoms with Crippen LogP contribution in [0.3, 0.4) is 0 Å². The fourth-order valence-electron chi connectivity index (χ4n) is 0.884. The van der Waals surface area contributed by atoms with E-state index in [9.17, 15) is 18.8 Å². The molecule has 15 heavy (non-hydrogen) atoms. The second kappa shape index (κ2) is 5.42. The van der Waals surface area contributed by atoms with Crippen LogP contribution in [0, 0.1) is 5.92 Å². The van der Waals surface area contributed by atoms with Crippen LogP contribution in [0.25, 0.3) is 0 Å². The van der Waals surface area contributed by atoms with Gasteiger partial charge in [0.25, 0.3) is 10.4 Å². The maximum Gasteiger partial charge on any atom is 0.375 e. The molecule has 0 heterocycles. The average Bonchev–Trinajstić information content (AvgIpc) is 2.00. The number of ether oxygens (including phenoxy) is 1. The Morgan fingerprint density at radius 2 is 1.87 bits per heavy atom. The van der Waals surface area contributed by atoms with Crippen LogP contribution < -0.4 is 0 Å². The van der Waals surface area contributed by atoms with E-state index in [1.807, 2.05) is 0 Å². The van der Waals surface area contributed by atoms with Gasteiger partial charge >= 0.3 is 5.97 Å². The zero-order chi connectivity index (χ0) is 12.2. The third kappa shape index (κ3) is 4.13. The van der Waals surface area contributed by atoms with Crippen molar-refractivity contribution >= 4 is 40.7 Å². The lowest BCUT2D eigenvalue weighted by molar-refractivity contribution is -0.157. The highest BCUT2D eigenvalue weighted by Gasteiger charge is 2.46. The Balaban J connectivity index is 4.88. The van der Waals surface area contributed by atoms with E-state index < -0.39 is 28.0 Å². The van der Waals surface area contributed by atoms with Gasteiger partial charge in [0, 0.05) is 0 Å². The maximum atomic E-state index is 13.0. The summed E-state index contributed by atoms with van der Waals surface area (Å²) in [5.41, 5.74) is 0. The van der Waals surface area contributed by atoms with Crippen LogP contribution in [0.5, 0.6) is 0 Å². The second-order valence-electron chi connectivity index (χ2n) is 2.67. The molecule has 1 atom stereocenters. The van der Waals surface area contributed by atoms with Crippen LogP contribution in [0.15, 0.2) is 0 Å². The molecule has 0 aromatic heterocycles. The highest BCUT2D eigenvalue weighted by molar-refractivity contribution is 6.52. The lowest BCUT2D eigenvalue weighted by Gasteiger charge is -2.17. The summed E-state index contributed by atoms with van der Waals surface area (Å²) in [6.07, 6.45) is 0. The van der Waals surface area contributed by atoms with E-state index in [1.54, 1.807) is 0 Å². The molecule has 0 aliphatic rings. The van der Waals surface area contributed by atoms with Gasteiger partial charge in [-0.2, -0.15) is 0 Å². The highest BCUT2D eigenvalue weighted by atomic mass is 35.5. The van der Waals surface area contributed by atoms with E-state index in [4.69, 9.17) is 23.2 Å². The van der Waals surface area contributed by atoms with Gasteiger partial charge in [-0.3, -0.25) is 9.59 Å². The van der Waals surface area contributed by atoms with E-state index in [0.717, 1.165) is 6.92 Å². The van der Waals surface area contributed by atoms with Crippen LogP contribution in [-0.4, -0.2) is 28.7 Å². The van der Waals surface area contributed by atoms with Gasteiger partial charge in [0.15, 0.2) is 5.92 Å². The maximum absolute atomic E-state index is 13.0. The second-order valence-corrected chi connectivity index (χ2v) is 3.96. The number of halogens is 3. The molecule has 0 rings (SSSR count). The number of carbonyl (C=O) groups is 3. The van der Waals surface area contributed by atoms with E-state index in [1.165, 1.54) is 6.92 Å². The summed E-state index contributed by atoms with van der Waals surface area (Å²) >= 11 is 9.97. The fraction of sp³-hybridized carbons (Fsp3) is 0.625. The normalized spacial score (nSPS) is 13.1. The van der Waals surface area contributed by atoms with Gasteiger partial charge in [-0.05, 0) is 13.8 Å². The van der Waals surface area contributed by atoms with E-state index in [-0.39, 0.29) is 6.61 Å². The number of carbonyl (C=O) groups excluding carboxylic acids is 3. The first-order valence-electron chi connectivity index (χ1n) is 4.00. The molecule has 0 fully saturated rings. The molecule has 4 nitrogen and oxygen atoms in total. The lowest BCUT2D eigenvalue weighted by Crippen LogP contribution is -2.39. The molecule has 0 amide bonds. The number of hydrogen-bond acceptors (Lipinski definition) is 4. The van der Waals surface area contributed by atoms with Crippen LogP contribution >= 0.6 is 23.2 Å². The quantitative estimate of drug-likeness (QED) is 0.324. The minimum Gasteiger partial charge on any atom is -0.460 e. The summed E-state index contributed by atoms with van der Waals surface area (Å²) < 4.78 is 14.2. The lowest BCUT2D eigenvalue weighted by atomic mass is 10.0. The summed E-state index contributed by atoms with van der Waals surface area (Å²) in [5.74, 6) is -5.72. The van der Waals surface area contributed by atoms with Gasteiger partial charge in [0.1, 0.15) is 5.78 Å². The van der Waals surface area contributed by atoms with Gasteiger partial charge in [-0.1, -0.05) is 23.2 Å². The minimum atomic E-state index is -3.12. The summed E-state index contributed by atoms with van der Waals surface area (Å²) in [5, 5.41) is 0. The number of alkyl halides is 3. The Labute approximate surface area is 95.7 Å². The Bertz CT molecular complexity index is 285. The Kier molecular flexibility index (Phi) is 5.17. The molecule has 0 saturated carbocycles. The summed E-state index contributed by atoms with van der Waals surface area (Å²) in [6.45, 7) is 2.29. The molecule has 0 aliphatic heterocycles. The number of Topliss-reactive ketones (excluding diaryl/α,β-unsaturated/α-hetero) is 2. The van der Waals surface area contributed by atoms with Crippen molar-refractivity contribution in [2.45, 2.75) is 18.4 Å². The van der Waals surface area contributed by atoms with Crippen molar-refractivity contribution in [2.24, 2.45) is 5.92 Å². The number of esters is 1. The van der Waals surface area contributed by atoms with Crippen molar-refractivity contribution in [1.82, 2.24) is 0 Å². The van der Waals surface area contributed by atoms with Crippen molar-refractivity contribution < 1.29 is 23.5 Å². The molecule has 0 aromatic rings. The predicted molar refractivity (Wildman–Crippen MR) is 51.4 cm³/mol. The van der Waals surface area contributed by atoms with Crippen molar-refractivity contribution in [2.75, 3.05) is 6.61 Å². The molecule has 0 bridgehead atoms. The first-order valence-corrected chi connectivity index (χ1v) is 4.75. The first-order chi connectivity index (χ1) is 6.71. The van der Waals surface area contributed by atoms with Crippen molar-refractivity contribution in [3.8, 4) is 0 Å². The largest absolute Gasteiger partial charge is 0.460 e. The monoisotopic (exact) mass is 258 g/mol. The number of hydrogen-bond donors (Lipinski definition) is 0. The zero-order valence-corrected chi connectivity index (χ0v) is 9.56. The SMILES string of the molecule is CCOC(=O)C(=O)C(C(C)=O)C(F)(Cl)Cl. The summed E-state index contributed by atoms with van der Waals surface area (Å²) in [4.78, 5) is 33.0. The van der Waals surface area contributed by atoms with Gasteiger partial charge < -0.3 is 4.74 Å².